The van der Waals surface area contributed by atoms with Crippen molar-refractivity contribution in [3.63, 3.8) is 0 Å². The Balaban J connectivity index is 1.52. The average molecular weight is 453 g/mol. The van der Waals surface area contributed by atoms with Gasteiger partial charge in [0.1, 0.15) is 30.6 Å². The molecule has 4 aromatic rings. The van der Waals surface area contributed by atoms with Gasteiger partial charge in [0.2, 0.25) is 10.0 Å². The van der Waals surface area contributed by atoms with Crippen LogP contribution in [0.25, 0.3) is 11.0 Å². The topological polar surface area (TPSA) is 77.8 Å². The summed E-state index contributed by atoms with van der Waals surface area (Å²) in [6, 6.07) is 22.0. The van der Waals surface area contributed by atoms with E-state index < -0.39 is 22.2 Å². The molecule has 3 aromatic carbocycles. The lowest BCUT2D eigenvalue weighted by atomic mass is 10.1. The van der Waals surface area contributed by atoms with Gasteiger partial charge in [-0.25, -0.2) is 12.8 Å². The van der Waals surface area contributed by atoms with Gasteiger partial charge in [0.05, 0.1) is 4.90 Å². The second-order valence-electron chi connectivity index (χ2n) is 7.48. The van der Waals surface area contributed by atoms with Crippen LogP contribution < -0.4 is 14.2 Å². The summed E-state index contributed by atoms with van der Waals surface area (Å²) in [5.41, 5.74) is 1.39. The normalized spacial score (nSPS) is 17.1. The Bertz CT molecular complexity index is 1320. The van der Waals surface area contributed by atoms with Gasteiger partial charge in [0.25, 0.3) is 0 Å². The summed E-state index contributed by atoms with van der Waals surface area (Å²) < 4.78 is 59.7. The molecule has 164 valence electrons. The van der Waals surface area contributed by atoms with Crippen LogP contribution in [0.15, 0.2) is 88.2 Å². The van der Waals surface area contributed by atoms with Gasteiger partial charge < -0.3 is 13.9 Å². The third-order valence-corrected chi connectivity index (χ3v) is 6.62. The number of ether oxygens (including phenoxy) is 2. The first-order valence-electron chi connectivity index (χ1n) is 10.1. The zero-order valence-corrected chi connectivity index (χ0v) is 17.7. The van der Waals surface area contributed by atoms with E-state index >= 15 is 0 Å². The van der Waals surface area contributed by atoms with Gasteiger partial charge in [-0.05, 0) is 29.8 Å². The van der Waals surface area contributed by atoms with Crippen LogP contribution in [-0.2, 0) is 10.0 Å². The van der Waals surface area contributed by atoms with Crippen molar-refractivity contribution in [3.05, 3.63) is 90.2 Å². The largest absolute Gasteiger partial charge is 0.487 e. The number of furan rings is 1. The molecule has 0 bridgehead atoms. The van der Waals surface area contributed by atoms with E-state index in [1.54, 1.807) is 0 Å². The molecule has 0 fully saturated rings. The minimum Gasteiger partial charge on any atom is -0.487 e. The predicted molar refractivity (Wildman–Crippen MR) is 117 cm³/mol. The maximum absolute atomic E-state index is 13.6. The summed E-state index contributed by atoms with van der Waals surface area (Å²) in [4.78, 5) is -0.0193. The Morgan fingerprint density at radius 3 is 2.38 bits per heavy atom. The number of nitrogens with one attached hydrogen (secondary N) is 1. The van der Waals surface area contributed by atoms with Crippen molar-refractivity contribution < 1.29 is 26.7 Å². The number of alkyl halides is 1. The second kappa shape index (κ2) is 8.29. The Morgan fingerprint density at radius 1 is 0.875 bits per heavy atom. The highest BCUT2D eigenvalue weighted by Crippen LogP contribution is 2.34. The Hall–Kier alpha value is -3.36. The van der Waals surface area contributed by atoms with Gasteiger partial charge in [-0.15, -0.1) is 0 Å². The lowest BCUT2D eigenvalue weighted by molar-refractivity contribution is 0.162. The van der Waals surface area contributed by atoms with E-state index in [0.717, 1.165) is 10.9 Å². The molecule has 0 saturated carbocycles. The molecule has 1 aliphatic heterocycles. The minimum atomic E-state index is -3.99. The van der Waals surface area contributed by atoms with Crippen molar-refractivity contribution in [2.75, 3.05) is 13.2 Å². The van der Waals surface area contributed by atoms with Crippen LogP contribution in [0, 0.1) is 0 Å². The lowest BCUT2D eigenvalue weighted by Gasteiger charge is -2.18. The standard InChI is InChI=1S/C24H20FNO5S/c25-18-14-29-21-11-10-19(13-22(21)30-15-18)32(27,28)26-24(16-6-2-1-3-7-16)23-12-17-8-4-5-9-20(17)31-23/h1-13,18,24,26H,14-15H2/t18?,24-/m1/s1. The number of halogens is 1. The quantitative estimate of drug-likeness (QED) is 0.478. The highest BCUT2D eigenvalue weighted by molar-refractivity contribution is 7.89. The summed E-state index contributed by atoms with van der Waals surface area (Å²) in [5.74, 6) is 0.963. The number of benzene rings is 3. The van der Waals surface area contributed by atoms with E-state index in [4.69, 9.17) is 13.9 Å². The fourth-order valence-corrected chi connectivity index (χ4v) is 4.81. The first-order chi connectivity index (χ1) is 15.5. The summed E-state index contributed by atoms with van der Waals surface area (Å²) >= 11 is 0. The van der Waals surface area contributed by atoms with E-state index in [-0.39, 0.29) is 23.9 Å². The Labute approximate surface area is 184 Å². The molecule has 5 rings (SSSR count). The van der Waals surface area contributed by atoms with E-state index in [2.05, 4.69) is 4.72 Å². The fraction of sp³-hybridized carbons (Fsp3) is 0.167. The molecule has 0 radical (unpaired) electrons. The van der Waals surface area contributed by atoms with Crippen molar-refractivity contribution in [2.45, 2.75) is 17.1 Å². The van der Waals surface area contributed by atoms with Crippen molar-refractivity contribution >= 4 is 21.0 Å². The molecule has 2 heterocycles. The predicted octanol–water partition coefficient (Wildman–Crippen LogP) is 4.61. The molecule has 6 nitrogen and oxygen atoms in total. The fourth-order valence-electron chi connectivity index (χ4n) is 3.60. The van der Waals surface area contributed by atoms with Crippen LogP contribution in [0.3, 0.4) is 0 Å². The molecule has 0 spiro atoms. The molecule has 2 atom stereocenters. The lowest BCUT2D eigenvalue weighted by Crippen LogP contribution is -2.29. The molecule has 8 heteroatoms. The minimum absolute atomic E-state index is 0.0193. The third-order valence-electron chi connectivity index (χ3n) is 5.20. The SMILES string of the molecule is O=S(=O)(N[C@H](c1ccccc1)c1cc2ccccc2o1)c1ccc2c(c1)OCC(F)CO2. The van der Waals surface area contributed by atoms with Crippen LogP contribution in [0.2, 0.25) is 0 Å². The maximum Gasteiger partial charge on any atom is 0.241 e. The van der Waals surface area contributed by atoms with E-state index in [9.17, 15) is 12.8 Å². The van der Waals surface area contributed by atoms with Crippen molar-refractivity contribution in [1.29, 1.82) is 0 Å². The van der Waals surface area contributed by atoms with Crippen molar-refractivity contribution in [3.8, 4) is 11.5 Å². The molecule has 0 aliphatic carbocycles. The first kappa shape index (κ1) is 20.5. The number of fused-ring (bicyclic) bond motifs is 2. The molecular weight excluding hydrogens is 433 g/mol. The molecule has 0 amide bonds. The highest BCUT2D eigenvalue weighted by atomic mass is 32.2. The van der Waals surface area contributed by atoms with Crippen LogP contribution in [0.1, 0.15) is 17.4 Å². The highest BCUT2D eigenvalue weighted by Gasteiger charge is 2.27. The molecule has 1 aromatic heterocycles. The molecule has 1 aliphatic rings. The van der Waals surface area contributed by atoms with Gasteiger partial charge in [-0.2, -0.15) is 4.72 Å². The Morgan fingerprint density at radius 2 is 1.59 bits per heavy atom. The number of hydrogen-bond acceptors (Lipinski definition) is 5. The molecular formula is C24H20FNO5S. The van der Waals surface area contributed by atoms with Crippen LogP contribution >= 0.6 is 0 Å². The number of para-hydroxylation sites is 1. The molecule has 32 heavy (non-hydrogen) atoms. The van der Waals surface area contributed by atoms with E-state index in [1.807, 2.05) is 60.7 Å². The van der Waals surface area contributed by atoms with Crippen LogP contribution in [0.5, 0.6) is 11.5 Å². The zero-order valence-electron chi connectivity index (χ0n) is 16.9. The van der Waals surface area contributed by atoms with Gasteiger partial charge in [0.15, 0.2) is 17.7 Å². The van der Waals surface area contributed by atoms with Crippen LogP contribution in [-0.4, -0.2) is 27.8 Å². The maximum atomic E-state index is 13.6. The third kappa shape index (κ3) is 4.06. The van der Waals surface area contributed by atoms with Gasteiger partial charge in [-0.3, -0.25) is 0 Å². The first-order valence-corrected chi connectivity index (χ1v) is 11.6. The number of rotatable bonds is 5. The van der Waals surface area contributed by atoms with Crippen LogP contribution in [0.4, 0.5) is 4.39 Å². The smallest absolute Gasteiger partial charge is 0.241 e. The molecule has 0 saturated heterocycles. The summed E-state index contributed by atoms with van der Waals surface area (Å²) in [5, 5.41) is 0.874. The monoisotopic (exact) mass is 453 g/mol. The average Bonchev–Trinajstić information content (AvgIpc) is 3.15. The Kier molecular flexibility index (Phi) is 5.32. The summed E-state index contributed by atoms with van der Waals surface area (Å²) in [6.45, 7) is -0.338. The summed E-state index contributed by atoms with van der Waals surface area (Å²) in [6.07, 6.45) is -1.28. The molecule has 1 N–H and O–H groups in total. The zero-order chi connectivity index (χ0) is 22.1. The van der Waals surface area contributed by atoms with Crippen molar-refractivity contribution in [1.82, 2.24) is 4.72 Å². The van der Waals surface area contributed by atoms with Gasteiger partial charge in [-0.1, -0.05) is 48.5 Å². The number of hydrogen-bond donors (Lipinski definition) is 1. The van der Waals surface area contributed by atoms with Gasteiger partial charge >= 0.3 is 0 Å². The van der Waals surface area contributed by atoms with Crippen molar-refractivity contribution in [2.24, 2.45) is 0 Å². The second-order valence-corrected chi connectivity index (χ2v) is 9.19. The molecule has 1 unspecified atom stereocenters. The van der Waals surface area contributed by atoms with Gasteiger partial charge in [0, 0.05) is 11.5 Å². The van der Waals surface area contributed by atoms with E-state index in [1.165, 1.54) is 18.2 Å². The van der Waals surface area contributed by atoms with E-state index in [0.29, 0.717) is 17.1 Å². The number of sulfonamides is 1. The summed E-state index contributed by atoms with van der Waals surface area (Å²) in [7, 11) is -3.99.